The van der Waals surface area contributed by atoms with Gasteiger partial charge in [-0.05, 0) is 37.0 Å². The van der Waals surface area contributed by atoms with Crippen LogP contribution >= 0.6 is 0 Å². The van der Waals surface area contributed by atoms with E-state index >= 15 is 0 Å². The summed E-state index contributed by atoms with van der Waals surface area (Å²) < 4.78 is 5.03. The SMILES string of the molecule is CCC(C)c1ccccc1NC(=O)COC(=O)c1cccc([N+](=O)[O-])c1C. The topological polar surface area (TPSA) is 98.5 Å². The fraction of sp³-hybridized carbons (Fsp3) is 0.300. The van der Waals surface area contributed by atoms with Crippen LogP contribution in [0.15, 0.2) is 42.5 Å². The molecule has 142 valence electrons. The minimum atomic E-state index is -0.776. The number of ether oxygens (including phenoxy) is 1. The number of rotatable bonds is 7. The molecule has 0 spiro atoms. The minimum Gasteiger partial charge on any atom is -0.452 e. The van der Waals surface area contributed by atoms with Gasteiger partial charge in [-0.25, -0.2) is 4.79 Å². The lowest BCUT2D eigenvalue weighted by molar-refractivity contribution is -0.385. The average Bonchev–Trinajstić information content (AvgIpc) is 2.65. The summed E-state index contributed by atoms with van der Waals surface area (Å²) in [6.07, 6.45) is 0.925. The molecule has 0 bridgehead atoms. The number of nitro groups is 1. The maximum atomic E-state index is 12.2. The van der Waals surface area contributed by atoms with Crippen LogP contribution in [0.2, 0.25) is 0 Å². The van der Waals surface area contributed by atoms with Crippen LogP contribution in [0.1, 0.15) is 47.7 Å². The number of carbonyl (C=O) groups is 2. The number of hydrogen-bond donors (Lipinski definition) is 1. The highest BCUT2D eigenvalue weighted by molar-refractivity contribution is 5.97. The number of nitrogens with zero attached hydrogens (tertiary/aromatic N) is 1. The maximum Gasteiger partial charge on any atom is 0.339 e. The van der Waals surface area contributed by atoms with Gasteiger partial charge >= 0.3 is 5.97 Å². The number of anilines is 1. The van der Waals surface area contributed by atoms with Gasteiger partial charge in [0.1, 0.15) is 0 Å². The van der Waals surface area contributed by atoms with Gasteiger partial charge in [0.25, 0.3) is 11.6 Å². The van der Waals surface area contributed by atoms with Crippen molar-refractivity contribution in [2.24, 2.45) is 0 Å². The molecule has 0 heterocycles. The summed E-state index contributed by atoms with van der Waals surface area (Å²) >= 11 is 0. The summed E-state index contributed by atoms with van der Waals surface area (Å²) in [6.45, 7) is 5.12. The van der Waals surface area contributed by atoms with E-state index < -0.39 is 23.4 Å². The lowest BCUT2D eigenvalue weighted by Gasteiger charge is -2.15. The standard InChI is InChI=1S/C20H22N2O5/c1-4-13(2)15-8-5-6-10-17(15)21-19(23)12-27-20(24)16-9-7-11-18(14(16)3)22(25)26/h5-11,13H,4,12H2,1-3H3,(H,21,23). The molecule has 7 heteroatoms. The summed E-state index contributed by atoms with van der Waals surface area (Å²) in [5, 5.41) is 13.7. The van der Waals surface area contributed by atoms with E-state index in [0.717, 1.165) is 12.0 Å². The summed E-state index contributed by atoms with van der Waals surface area (Å²) in [4.78, 5) is 34.8. The third-order valence-electron chi connectivity index (χ3n) is 4.43. The van der Waals surface area contributed by atoms with E-state index in [-0.39, 0.29) is 22.7 Å². The molecule has 2 rings (SSSR count). The van der Waals surface area contributed by atoms with E-state index in [4.69, 9.17) is 4.74 Å². The van der Waals surface area contributed by atoms with Crippen LogP contribution in [0.5, 0.6) is 0 Å². The quantitative estimate of drug-likeness (QED) is 0.447. The zero-order valence-electron chi connectivity index (χ0n) is 15.5. The first-order chi connectivity index (χ1) is 12.8. The van der Waals surface area contributed by atoms with Crippen molar-refractivity contribution >= 4 is 23.3 Å². The minimum absolute atomic E-state index is 0.0667. The second kappa shape index (κ2) is 8.93. The lowest BCUT2D eigenvalue weighted by atomic mass is 9.97. The van der Waals surface area contributed by atoms with E-state index in [1.54, 1.807) is 6.07 Å². The Hall–Kier alpha value is -3.22. The van der Waals surface area contributed by atoms with Gasteiger partial charge in [0.15, 0.2) is 6.61 Å². The Bertz CT molecular complexity index is 863. The first kappa shape index (κ1) is 20.1. The van der Waals surface area contributed by atoms with Gasteiger partial charge in [-0.15, -0.1) is 0 Å². The van der Waals surface area contributed by atoms with E-state index in [2.05, 4.69) is 19.2 Å². The Morgan fingerprint density at radius 1 is 1.19 bits per heavy atom. The van der Waals surface area contributed by atoms with Gasteiger partial charge in [-0.3, -0.25) is 14.9 Å². The Kier molecular flexibility index (Phi) is 6.65. The highest BCUT2D eigenvalue weighted by Crippen LogP contribution is 2.26. The number of benzene rings is 2. The fourth-order valence-corrected chi connectivity index (χ4v) is 2.70. The zero-order valence-corrected chi connectivity index (χ0v) is 15.5. The molecule has 1 amide bonds. The Balaban J connectivity index is 2.04. The Labute approximate surface area is 157 Å². The molecule has 0 saturated heterocycles. The second-order valence-corrected chi connectivity index (χ2v) is 6.23. The summed E-state index contributed by atoms with van der Waals surface area (Å²) in [5.41, 5.74) is 1.79. The molecule has 0 fully saturated rings. The molecule has 27 heavy (non-hydrogen) atoms. The molecule has 2 aromatic carbocycles. The van der Waals surface area contributed by atoms with Crippen LogP contribution in [-0.2, 0) is 9.53 Å². The number of amides is 1. The van der Waals surface area contributed by atoms with Crippen LogP contribution in [0.3, 0.4) is 0 Å². The van der Waals surface area contributed by atoms with Crippen molar-refractivity contribution in [1.29, 1.82) is 0 Å². The normalized spacial score (nSPS) is 11.5. The largest absolute Gasteiger partial charge is 0.452 e. The molecule has 1 atom stereocenters. The van der Waals surface area contributed by atoms with Crippen LogP contribution in [-0.4, -0.2) is 23.4 Å². The Morgan fingerprint density at radius 2 is 1.89 bits per heavy atom. The molecular weight excluding hydrogens is 348 g/mol. The van der Waals surface area contributed by atoms with E-state index in [1.807, 2.05) is 18.2 Å². The molecule has 0 saturated carbocycles. The molecule has 2 aromatic rings. The number of carbonyl (C=O) groups excluding carboxylic acids is 2. The predicted octanol–water partition coefficient (Wildman–Crippen LogP) is 4.21. The molecule has 0 aliphatic carbocycles. The Morgan fingerprint density at radius 3 is 2.56 bits per heavy atom. The van der Waals surface area contributed by atoms with Crippen molar-refractivity contribution in [3.8, 4) is 0 Å². The van der Waals surface area contributed by atoms with Crippen molar-refractivity contribution < 1.29 is 19.2 Å². The number of hydrogen-bond acceptors (Lipinski definition) is 5. The van der Waals surface area contributed by atoms with Crippen molar-refractivity contribution in [3.63, 3.8) is 0 Å². The molecule has 0 aromatic heterocycles. The molecule has 0 aliphatic heterocycles. The highest BCUT2D eigenvalue weighted by atomic mass is 16.6. The smallest absolute Gasteiger partial charge is 0.339 e. The van der Waals surface area contributed by atoms with Crippen LogP contribution in [0, 0.1) is 17.0 Å². The van der Waals surface area contributed by atoms with E-state index in [9.17, 15) is 19.7 Å². The predicted molar refractivity (Wildman–Crippen MR) is 102 cm³/mol. The number of nitrogens with one attached hydrogen (secondary N) is 1. The summed E-state index contributed by atoms with van der Waals surface area (Å²) in [7, 11) is 0. The van der Waals surface area contributed by atoms with Crippen molar-refractivity contribution in [2.45, 2.75) is 33.1 Å². The zero-order chi connectivity index (χ0) is 20.0. The lowest BCUT2D eigenvalue weighted by Crippen LogP contribution is -2.22. The molecular formula is C20H22N2O5. The monoisotopic (exact) mass is 370 g/mol. The van der Waals surface area contributed by atoms with Crippen molar-refractivity contribution in [2.75, 3.05) is 11.9 Å². The van der Waals surface area contributed by atoms with Crippen LogP contribution in [0.25, 0.3) is 0 Å². The summed E-state index contributed by atoms with van der Waals surface area (Å²) in [5.74, 6) is -0.972. The van der Waals surface area contributed by atoms with Gasteiger partial charge in [-0.2, -0.15) is 0 Å². The second-order valence-electron chi connectivity index (χ2n) is 6.23. The highest BCUT2D eigenvalue weighted by Gasteiger charge is 2.20. The average molecular weight is 370 g/mol. The van der Waals surface area contributed by atoms with E-state index in [0.29, 0.717) is 5.69 Å². The van der Waals surface area contributed by atoms with Crippen molar-refractivity contribution in [1.82, 2.24) is 0 Å². The van der Waals surface area contributed by atoms with Crippen LogP contribution in [0.4, 0.5) is 11.4 Å². The van der Waals surface area contributed by atoms with Gasteiger partial charge in [0, 0.05) is 17.3 Å². The van der Waals surface area contributed by atoms with Gasteiger partial charge in [0.05, 0.1) is 10.5 Å². The first-order valence-corrected chi connectivity index (χ1v) is 8.65. The van der Waals surface area contributed by atoms with Gasteiger partial charge in [-0.1, -0.05) is 38.1 Å². The fourth-order valence-electron chi connectivity index (χ4n) is 2.70. The van der Waals surface area contributed by atoms with Crippen LogP contribution < -0.4 is 5.32 Å². The van der Waals surface area contributed by atoms with E-state index in [1.165, 1.54) is 25.1 Å². The number of nitro benzene ring substituents is 1. The third kappa shape index (κ3) is 4.91. The maximum absolute atomic E-state index is 12.2. The first-order valence-electron chi connectivity index (χ1n) is 8.65. The molecule has 0 radical (unpaired) electrons. The van der Waals surface area contributed by atoms with Gasteiger partial charge < -0.3 is 10.1 Å². The molecule has 7 nitrogen and oxygen atoms in total. The molecule has 1 unspecified atom stereocenters. The summed E-state index contributed by atoms with van der Waals surface area (Å²) in [6, 6.07) is 11.6. The van der Waals surface area contributed by atoms with Crippen molar-refractivity contribution in [3.05, 3.63) is 69.3 Å². The van der Waals surface area contributed by atoms with Gasteiger partial charge in [0.2, 0.25) is 0 Å². The third-order valence-corrected chi connectivity index (χ3v) is 4.43. The number of para-hydroxylation sites is 1. The molecule has 1 N–H and O–H groups in total. The number of esters is 1. The molecule has 0 aliphatic rings.